The van der Waals surface area contributed by atoms with Crippen LogP contribution < -0.4 is 10.1 Å². The molecule has 0 aliphatic heterocycles. The molecule has 3 rings (SSSR count). The normalized spacial score (nSPS) is 10.5. The average molecular weight is 322 g/mol. The van der Waals surface area contributed by atoms with Crippen molar-refractivity contribution in [2.24, 2.45) is 0 Å². The summed E-state index contributed by atoms with van der Waals surface area (Å²) in [6.07, 6.45) is 2.82. The van der Waals surface area contributed by atoms with Crippen LogP contribution in [0.1, 0.15) is 22.8 Å². The van der Waals surface area contributed by atoms with Gasteiger partial charge in [-0.1, -0.05) is 18.2 Å². The molecule has 3 aromatic rings. The third kappa shape index (κ3) is 3.30. The molecule has 1 aromatic heterocycles. The van der Waals surface area contributed by atoms with Crippen LogP contribution in [0, 0.1) is 0 Å². The van der Waals surface area contributed by atoms with Gasteiger partial charge in [0.1, 0.15) is 12.0 Å². The van der Waals surface area contributed by atoms with Crippen molar-refractivity contribution in [2.45, 2.75) is 13.3 Å². The van der Waals surface area contributed by atoms with E-state index in [1.165, 1.54) is 0 Å². The molecule has 0 aliphatic carbocycles. The van der Waals surface area contributed by atoms with Crippen molar-refractivity contribution in [2.75, 3.05) is 11.9 Å². The van der Waals surface area contributed by atoms with E-state index in [2.05, 4.69) is 10.3 Å². The summed E-state index contributed by atoms with van der Waals surface area (Å²) in [7, 11) is 0. The minimum atomic E-state index is -0.163. The lowest BCUT2D eigenvalue weighted by molar-refractivity contribution is -0.115. The molecular weight excluding hydrogens is 304 g/mol. The van der Waals surface area contributed by atoms with Crippen LogP contribution in [0.5, 0.6) is 5.75 Å². The summed E-state index contributed by atoms with van der Waals surface area (Å²) in [5, 5.41) is 3.86. The second-order valence-electron chi connectivity index (χ2n) is 5.39. The minimum absolute atomic E-state index is 0.163. The number of hydrogen-bond acceptors (Lipinski definition) is 3. The predicted octanol–water partition coefficient (Wildman–Crippen LogP) is 3.56. The highest BCUT2D eigenvalue weighted by molar-refractivity contribution is 5.97. The topological polar surface area (TPSA) is 71.2 Å². The minimum Gasteiger partial charge on any atom is -0.492 e. The number of fused-ring (bicyclic) bond motifs is 1. The first kappa shape index (κ1) is 15.8. The number of nitrogens with one attached hydrogen (secondary N) is 2. The lowest BCUT2D eigenvalue weighted by atomic mass is 10.1. The number of benzene rings is 2. The number of H-pyrrole nitrogens is 1. The number of aromatic amines is 1. The first-order valence-electron chi connectivity index (χ1n) is 7.78. The first-order chi connectivity index (χ1) is 11.7. The Hall–Kier alpha value is -3.08. The number of amides is 1. The lowest BCUT2D eigenvalue weighted by Gasteiger charge is -2.12. The molecule has 0 spiro atoms. The first-order valence-corrected chi connectivity index (χ1v) is 7.78. The third-order valence-electron chi connectivity index (χ3n) is 3.74. The molecule has 1 amide bonds. The Morgan fingerprint density at radius 3 is 2.88 bits per heavy atom. The van der Waals surface area contributed by atoms with Crippen molar-refractivity contribution in [3.63, 3.8) is 0 Å². The van der Waals surface area contributed by atoms with Gasteiger partial charge in [-0.2, -0.15) is 0 Å². The number of anilines is 1. The molecule has 5 nitrogen and oxygen atoms in total. The second kappa shape index (κ2) is 7.00. The van der Waals surface area contributed by atoms with Gasteiger partial charge in [-0.15, -0.1) is 0 Å². The van der Waals surface area contributed by atoms with Crippen molar-refractivity contribution in [1.82, 2.24) is 4.98 Å². The zero-order valence-electron chi connectivity index (χ0n) is 13.3. The van der Waals surface area contributed by atoms with E-state index in [4.69, 9.17) is 4.74 Å². The van der Waals surface area contributed by atoms with Gasteiger partial charge in [0, 0.05) is 22.7 Å². The fourth-order valence-electron chi connectivity index (χ4n) is 2.65. The monoisotopic (exact) mass is 322 g/mol. The maximum atomic E-state index is 12.4. The summed E-state index contributed by atoms with van der Waals surface area (Å²) < 4.78 is 5.51. The van der Waals surface area contributed by atoms with Gasteiger partial charge in [-0.3, -0.25) is 9.59 Å². The van der Waals surface area contributed by atoms with Gasteiger partial charge in [-0.05, 0) is 36.8 Å². The molecule has 0 aliphatic rings. The fraction of sp³-hybridized carbons (Fsp3) is 0.158. The molecule has 0 saturated carbocycles. The molecule has 0 fully saturated rings. The molecule has 1 heterocycles. The average Bonchev–Trinajstić information content (AvgIpc) is 2.99. The maximum absolute atomic E-state index is 12.4. The van der Waals surface area contributed by atoms with E-state index in [0.717, 1.165) is 22.8 Å². The molecule has 2 N–H and O–H groups in total. The van der Waals surface area contributed by atoms with E-state index < -0.39 is 0 Å². The van der Waals surface area contributed by atoms with Gasteiger partial charge in [0.25, 0.3) is 0 Å². The Bertz CT molecular complexity index is 883. The number of carbonyl (C=O) groups is 2. The largest absolute Gasteiger partial charge is 0.492 e. The molecule has 0 radical (unpaired) electrons. The Kier molecular flexibility index (Phi) is 4.61. The molecule has 122 valence electrons. The van der Waals surface area contributed by atoms with E-state index in [1.54, 1.807) is 18.2 Å². The zero-order chi connectivity index (χ0) is 16.9. The van der Waals surface area contributed by atoms with Crippen LogP contribution in [-0.2, 0) is 11.2 Å². The molecule has 0 atom stereocenters. The van der Waals surface area contributed by atoms with Crippen molar-refractivity contribution in [3.8, 4) is 5.75 Å². The van der Waals surface area contributed by atoms with Gasteiger partial charge < -0.3 is 15.0 Å². The number of aldehydes is 1. The number of rotatable bonds is 6. The van der Waals surface area contributed by atoms with Crippen molar-refractivity contribution in [1.29, 1.82) is 0 Å². The molecule has 2 aromatic carbocycles. The van der Waals surface area contributed by atoms with Gasteiger partial charge >= 0.3 is 0 Å². The Morgan fingerprint density at radius 2 is 2.08 bits per heavy atom. The standard InChI is InChI=1S/C19H18N2O3/c1-2-24-18-8-7-13(12-22)9-17(18)21-19(23)10-14-11-20-16-6-4-3-5-15(14)16/h3-9,11-12,20H,2,10H2,1H3,(H,21,23). The summed E-state index contributed by atoms with van der Waals surface area (Å²) in [6.45, 7) is 2.34. The second-order valence-corrected chi connectivity index (χ2v) is 5.39. The van der Waals surface area contributed by atoms with Gasteiger partial charge in [0.2, 0.25) is 5.91 Å². The van der Waals surface area contributed by atoms with E-state index in [9.17, 15) is 9.59 Å². The van der Waals surface area contributed by atoms with Crippen molar-refractivity contribution in [3.05, 3.63) is 59.8 Å². The van der Waals surface area contributed by atoms with Gasteiger partial charge in [0.15, 0.2) is 0 Å². The number of ether oxygens (including phenoxy) is 1. The molecule has 5 heteroatoms. The van der Waals surface area contributed by atoms with Crippen LogP contribution in [0.3, 0.4) is 0 Å². The SMILES string of the molecule is CCOc1ccc(C=O)cc1NC(=O)Cc1c[nH]c2ccccc12. The van der Waals surface area contributed by atoms with E-state index in [0.29, 0.717) is 23.6 Å². The van der Waals surface area contributed by atoms with Crippen LogP contribution in [-0.4, -0.2) is 23.8 Å². The highest BCUT2D eigenvalue weighted by Crippen LogP contribution is 2.26. The Morgan fingerprint density at radius 1 is 1.25 bits per heavy atom. The Balaban J connectivity index is 1.80. The summed E-state index contributed by atoms with van der Waals surface area (Å²) in [4.78, 5) is 26.5. The summed E-state index contributed by atoms with van der Waals surface area (Å²) in [5.74, 6) is 0.388. The number of para-hydroxylation sites is 1. The van der Waals surface area contributed by atoms with Crippen LogP contribution in [0.4, 0.5) is 5.69 Å². The molecule has 24 heavy (non-hydrogen) atoms. The fourth-order valence-corrected chi connectivity index (χ4v) is 2.65. The van der Waals surface area contributed by atoms with Crippen LogP contribution in [0.2, 0.25) is 0 Å². The van der Waals surface area contributed by atoms with Crippen molar-refractivity contribution < 1.29 is 14.3 Å². The van der Waals surface area contributed by atoms with Gasteiger partial charge in [-0.25, -0.2) is 0 Å². The van der Waals surface area contributed by atoms with Crippen LogP contribution in [0.25, 0.3) is 10.9 Å². The zero-order valence-corrected chi connectivity index (χ0v) is 13.3. The highest BCUT2D eigenvalue weighted by Gasteiger charge is 2.12. The molecule has 0 unspecified atom stereocenters. The number of aromatic nitrogens is 1. The summed E-state index contributed by atoms with van der Waals surface area (Å²) >= 11 is 0. The summed E-state index contributed by atoms with van der Waals surface area (Å²) in [6, 6.07) is 12.8. The third-order valence-corrected chi connectivity index (χ3v) is 3.74. The predicted molar refractivity (Wildman–Crippen MR) is 93.6 cm³/mol. The highest BCUT2D eigenvalue weighted by atomic mass is 16.5. The Labute approximate surface area is 139 Å². The number of hydrogen-bond donors (Lipinski definition) is 2. The lowest BCUT2D eigenvalue weighted by Crippen LogP contribution is -2.15. The number of carbonyl (C=O) groups excluding carboxylic acids is 2. The molecular formula is C19H18N2O3. The molecule has 0 bridgehead atoms. The van der Waals surface area contributed by atoms with E-state index >= 15 is 0 Å². The van der Waals surface area contributed by atoms with Crippen LogP contribution in [0.15, 0.2) is 48.7 Å². The van der Waals surface area contributed by atoms with E-state index in [-0.39, 0.29) is 12.3 Å². The smallest absolute Gasteiger partial charge is 0.228 e. The molecule has 0 saturated heterocycles. The van der Waals surface area contributed by atoms with Crippen molar-refractivity contribution >= 4 is 28.8 Å². The van der Waals surface area contributed by atoms with Gasteiger partial charge in [0.05, 0.1) is 18.7 Å². The van der Waals surface area contributed by atoms with Crippen LogP contribution >= 0.6 is 0 Å². The quantitative estimate of drug-likeness (QED) is 0.682. The summed E-state index contributed by atoms with van der Waals surface area (Å²) in [5.41, 5.74) is 2.91. The van der Waals surface area contributed by atoms with E-state index in [1.807, 2.05) is 37.4 Å². The maximum Gasteiger partial charge on any atom is 0.228 e.